The van der Waals surface area contributed by atoms with Gasteiger partial charge >= 0.3 is 0 Å². The summed E-state index contributed by atoms with van der Waals surface area (Å²) in [6.07, 6.45) is 0. The van der Waals surface area contributed by atoms with E-state index in [0.29, 0.717) is 23.8 Å². The molecule has 0 atom stereocenters. The zero-order valence-electron chi connectivity index (χ0n) is 14.9. The van der Waals surface area contributed by atoms with Crippen LogP contribution in [-0.2, 0) is 13.1 Å². The van der Waals surface area contributed by atoms with Gasteiger partial charge < -0.3 is 9.88 Å². The molecule has 1 amide bonds. The number of carbonyl (C=O) groups is 1. The van der Waals surface area contributed by atoms with Crippen LogP contribution in [0, 0.1) is 6.92 Å². The number of hydrogen-bond acceptors (Lipinski definition) is 2. The Labute approximate surface area is 167 Å². The maximum atomic E-state index is 12.9. The highest BCUT2D eigenvalue weighted by Crippen LogP contribution is 2.27. The molecule has 3 nitrogen and oxygen atoms in total. The van der Waals surface area contributed by atoms with Gasteiger partial charge in [-0.2, -0.15) is 0 Å². The summed E-state index contributed by atoms with van der Waals surface area (Å²) in [7, 11) is 0. The molecule has 0 aliphatic rings. The Hall–Kier alpha value is -2.56. The van der Waals surface area contributed by atoms with E-state index in [1.807, 2.05) is 71.5 Å². The topological polar surface area (TPSA) is 34.0 Å². The lowest BCUT2D eigenvalue weighted by Gasteiger charge is -2.12. The maximum absolute atomic E-state index is 12.9. The van der Waals surface area contributed by atoms with Crippen LogP contribution in [0.4, 0.5) is 0 Å². The van der Waals surface area contributed by atoms with Crippen molar-refractivity contribution in [2.75, 3.05) is 0 Å². The second-order valence-electron chi connectivity index (χ2n) is 6.55. The zero-order valence-corrected chi connectivity index (χ0v) is 16.5. The second-order valence-corrected chi connectivity index (χ2v) is 7.90. The fourth-order valence-electron chi connectivity index (χ4n) is 3.23. The lowest BCUT2D eigenvalue weighted by Crippen LogP contribution is -2.25. The third-order valence-corrected chi connectivity index (χ3v) is 5.80. The smallest absolute Gasteiger partial charge is 0.268 e. The number of benzene rings is 2. The fraction of sp³-hybridized carbons (Fsp3) is 0.136. The minimum Gasteiger partial charge on any atom is -0.347 e. The SMILES string of the molecule is Cc1cccc(CNC(=O)c2cc3sccc3n2Cc2ccccc2Cl)c1. The van der Waals surface area contributed by atoms with Crippen LogP contribution < -0.4 is 5.32 Å². The van der Waals surface area contributed by atoms with Crippen LogP contribution in [-0.4, -0.2) is 10.5 Å². The summed E-state index contributed by atoms with van der Waals surface area (Å²) >= 11 is 7.98. The Morgan fingerprint density at radius 1 is 1.11 bits per heavy atom. The van der Waals surface area contributed by atoms with Crippen LogP contribution in [0.25, 0.3) is 10.2 Å². The number of amides is 1. The lowest BCUT2D eigenvalue weighted by molar-refractivity contribution is 0.0942. The molecule has 2 aromatic heterocycles. The Morgan fingerprint density at radius 3 is 2.78 bits per heavy atom. The Morgan fingerprint density at radius 2 is 1.96 bits per heavy atom. The number of halogens is 1. The molecule has 0 spiro atoms. The van der Waals surface area contributed by atoms with E-state index in [1.165, 1.54) is 5.56 Å². The predicted octanol–water partition coefficient (Wildman–Crippen LogP) is 5.64. The summed E-state index contributed by atoms with van der Waals surface area (Å²) in [5.41, 5.74) is 4.99. The van der Waals surface area contributed by atoms with Gasteiger partial charge in [0.1, 0.15) is 5.69 Å². The standard InChI is InChI=1S/C22H19ClN2OS/c1-15-5-4-6-16(11-15)13-24-22(26)20-12-21-19(9-10-27-21)25(20)14-17-7-2-3-8-18(17)23/h2-12H,13-14H2,1H3,(H,24,26). The number of fused-ring (bicyclic) bond motifs is 1. The normalized spacial score (nSPS) is 11.0. The first kappa shape index (κ1) is 17.8. The number of thiophene rings is 1. The van der Waals surface area contributed by atoms with Crippen molar-refractivity contribution in [1.29, 1.82) is 0 Å². The van der Waals surface area contributed by atoms with E-state index in [1.54, 1.807) is 11.3 Å². The van der Waals surface area contributed by atoms with Gasteiger partial charge in [0.15, 0.2) is 0 Å². The molecule has 0 aliphatic carbocycles. The van der Waals surface area contributed by atoms with Crippen molar-refractivity contribution < 1.29 is 4.79 Å². The highest BCUT2D eigenvalue weighted by atomic mass is 35.5. The number of aryl methyl sites for hydroxylation is 1. The first-order valence-electron chi connectivity index (χ1n) is 8.76. The molecule has 2 heterocycles. The highest BCUT2D eigenvalue weighted by Gasteiger charge is 2.17. The second kappa shape index (κ2) is 7.59. The average Bonchev–Trinajstić information content (AvgIpc) is 3.24. The predicted molar refractivity (Wildman–Crippen MR) is 113 cm³/mol. The summed E-state index contributed by atoms with van der Waals surface area (Å²) < 4.78 is 3.14. The Balaban J connectivity index is 1.62. The number of nitrogens with one attached hydrogen (secondary N) is 1. The number of aromatic nitrogens is 1. The van der Waals surface area contributed by atoms with Crippen molar-refractivity contribution in [1.82, 2.24) is 9.88 Å². The van der Waals surface area contributed by atoms with Crippen molar-refractivity contribution in [3.8, 4) is 0 Å². The molecule has 0 unspecified atom stereocenters. The molecule has 0 radical (unpaired) electrons. The van der Waals surface area contributed by atoms with Gasteiger partial charge in [-0.25, -0.2) is 0 Å². The van der Waals surface area contributed by atoms with Gasteiger partial charge in [-0.3, -0.25) is 4.79 Å². The molecule has 0 aliphatic heterocycles. The molecule has 4 aromatic rings. The van der Waals surface area contributed by atoms with Crippen molar-refractivity contribution in [2.45, 2.75) is 20.0 Å². The van der Waals surface area contributed by atoms with Gasteiger partial charge in [0.05, 0.1) is 10.2 Å². The van der Waals surface area contributed by atoms with Crippen molar-refractivity contribution in [3.05, 3.63) is 93.5 Å². The first-order chi connectivity index (χ1) is 13.1. The Kier molecular flexibility index (Phi) is 5.01. The molecule has 136 valence electrons. The van der Waals surface area contributed by atoms with Crippen molar-refractivity contribution in [3.63, 3.8) is 0 Å². The van der Waals surface area contributed by atoms with Crippen molar-refractivity contribution in [2.24, 2.45) is 0 Å². The van der Waals surface area contributed by atoms with Crippen LogP contribution in [0.3, 0.4) is 0 Å². The zero-order chi connectivity index (χ0) is 18.8. The maximum Gasteiger partial charge on any atom is 0.268 e. The Bertz CT molecular complexity index is 1110. The minimum atomic E-state index is -0.0769. The van der Waals surface area contributed by atoms with E-state index in [0.717, 1.165) is 21.3 Å². The minimum absolute atomic E-state index is 0.0769. The summed E-state index contributed by atoms with van der Waals surface area (Å²) in [6, 6.07) is 19.9. The molecule has 2 aromatic carbocycles. The largest absolute Gasteiger partial charge is 0.347 e. The quantitative estimate of drug-likeness (QED) is 0.466. The van der Waals surface area contributed by atoms with Crippen LogP contribution >= 0.6 is 22.9 Å². The third kappa shape index (κ3) is 3.77. The molecule has 1 N–H and O–H groups in total. The molecule has 5 heteroatoms. The first-order valence-corrected chi connectivity index (χ1v) is 10.0. The molecule has 4 rings (SSSR count). The van der Waals surface area contributed by atoms with E-state index >= 15 is 0 Å². The van der Waals surface area contributed by atoms with E-state index in [-0.39, 0.29) is 5.91 Å². The molecule has 0 saturated carbocycles. The summed E-state index contributed by atoms with van der Waals surface area (Å²) in [5, 5.41) is 5.80. The summed E-state index contributed by atoms with van der Waals surface area (Å²) in [6.45, 7) is 3.12. The number of rotatable bonds is 5. The van der Waals surface area contributed by atoms with Gasteiger partial charge in [0.25, 0.3) is 5.91 Å². The molecule has 0 bridgehead atoms. The van der Waals surface area contributed by atoms with Gasteiger partial charge in [0.2, 0.25) is 0 Å². The third-order valence-electron chi connectivity index (χ3n) is 4.58. The fourth-order valence-corrected chi connectivity index (χ4v) is 4.25. The lowest BCUT2D eigenvalue weighted by atomic mass is 10.1. The van der Waals surface area contributed by atoms with Gasteiger partial charge in [-0.05, 0) is 41.6 Å². The molecular formula is C22H19ClN2OS. The summed E-state index contributed by atoms with van der Waals surface area (Å²) in [4.78, 5) is 12.9. The van der Waals surface area contributed by atoms with E-state index in [4.69, 9.17) is 11.6 Å². The molecule has 0 saturated heterocycles. The van der Waals surface area contributed by atoms with Crippen LogP contribution in [0.15, 0.2) is 66.0 Å². The van der Waals surface area contributed by atoms with E-state index in [2.05, 4.69) is 11.4 Å². The van der Waals surface area contributed by atoms with Crippen LogP contribution in [0.2, 0.25) is 5.02 Å². The van der Waals surface area contributed by atoms with Crippen molar-refractivity contribution >= 4 is 39.1 Å². The van der Waals surface area contributed by atoms with E-state index in [9.17, 15) is 4.79 Å². The molecular weight excluding hydrogens is 376 g/mol. The van der Waals surface area contributed by atoms with Gasteiger partial charge in [0, 0.05) is 18.1 Å². The highest BCUT2D eigenvalue weighted by molar-refractivity contribution is 7.17. The molecule has 0 fully saturated rings. The monoisotopic (exact) mass is 394 g/mol. The van der Waals surface area contributed by atoms with Crippen LogP contribution in [0.5, 0.6) is 0 Å². The van der Waals surface area contributed by atoms with Gasteiger partial charge in [-0.15, -0.1) is 11.3 Å². The number of nitrogens with zero attached hydrogens (tertiary/aromatic N) is 1. The van der Waals surface area contributed by atoms with Crippen LogP contribution in [0.1, 0.15) is 27.2 Å². The average molecular weight is 395 g/mol. The molecule has 27 heavy (non-hydrogen) atoms. The van der Waals surface area contributed by atoms with E-state index < -0.39 is 0 Å². The number of carbonyl (C=O) groups excluding carboxylic acids is 1. The summed E-state index contributed by atoms with van der Waals surface area (Å²) in [5.74, 6) is -0.0769. The number of hydrogen-bond donors (Lipinski definition) is 1. The van der Waals surface area contributed by atoms with Gasteiger partial charge in [-0.1, -0.05) is 59.6 Å².